The summed E-state index contributed by atoms with van der Waals surface area (Å²) in [7, 11) is 1.41. The first-order valence-corrected chi connectivity index (χ1v) is 8.26. The number of amides is 1. The monoisotopic (exact) mass is 377 g/mol. The van der Waals surface area contributed by atoms with Crippen LogP contribution < -0.4 is 20.7 Å². The molecule has 0 aliphatic rings. The standard InChI is InChI=1S/C18H20ClN3O4/c1-11(2)21-16-6-4-5-7-22(16)18(24)12-8-13(19)17(14(9-12)25-3)26-10-15(20)23/h4-9,11H,10H2,1-3H3,(H2,20,23). The molecule has 1 heterocycles. The highest BCUT2D eigenvalue weighted by atomic mass is 35.5. The van der Waals surface area contributed by atoms with Crippen molar-refractivity contribution < 1.29 is 19.1 Å². The zero-order valence-electron chi connectivity index (χ0n) is 14.7. The van der Waals surface area contributed by atoms with Crippen molar-refractivity contribution in [1.29, 1.82) is 0 Å². The predicted octanol–water partition coefficient (Wildman–Crippen LogP) is 2.01. The highest BCUT2D eigenvalue weighted by molar-refractivity contribution is 6.32. The van der Waals surface area contributed by atoms with Gasteiger partial charge in [0.05, 0.1) is 12.1 Å². The summed E-state index contributed by atoms with van der Waals surface area (Å²) in [5.74, 6) is -0.606. The number of primary amides is 1. The largest absolute Gasteiger partial charge is 0.493 e. The van der Waals surface area contributed by atoms with Crippen LogP contribution in [0.1, 0.15) is 24.2 Å². The molecule has 0 aliphatic heterocycles. The van der Waals surface area contributed by atoms with Gasteiger partial charge < -0.3 is 15.2 Å². The van der Waals surface area contributed by atoms with Gasteiger partial charge in [0.15, 0.2) is 18.1 Å². The Morgan fingerprint density at radius 1 is 1.31 bits per heavy atom. The van der Waals surface area contributed by atoms with Crippen molar-refractivity contribution in [3.8, 4) is 11.5 Å². The second kappa shape index (κ2) is 8.53. The summed E-state index contributed by atoms with van der Waals surface area (Å²) < 4.78 is 11.9. The Kier molecular flexibility index (Phi) is 6.41. The molecule has 2 N–H and O–H groups in total. The van der Waals surface area contributed by atoms with Gasteiger partial charge in [-0.1, -0.05) is 17.7 Å². The number of ether oxygens (including phenoxy) is 2. The van der Waals surface area contributed by atoms with Crippen molar-refractivity contribution in [3.05, 3.63) is 52.6 Å². The zero-order chi connectivity index (χ0) is 19.3. The Morgan fingerprint density at radius 2 is 2.04 bits per heavy atom. The van der Waals surface area contributed by atoms with Gasteiger partial charge in [-0.15, -0.1) is 0 Å². The number of rotatable bonds is 6. The van der Waals surface area contributed by atoms with Crippen LogP contribution in [0.4, 0.5) is 0 Å². The van der Waals surface area contributed by atoms with Crippen LogP contribution in [0.2, 0.25) is 5.02 Å². The fourth-order valence-corrected chi connectivity index (χ4v) is 2.51. The third-order valence-electron chi connectivity index (χ3n) is 3.28. The Morgan fingerprint density at radius 3 is 2.65 bits per heavy atom. The molecular formula is C18H20ClN3O4. The third-order valence-corrected chi connectivity index (χ3v) is 3.56. The molecule has 0 saturated heterocycles. The number of nitrogens with two attached hydrogens (primary N) is 1. The van der Waals surface area contributed by atoms with Crippen LogP contribution in [0, 0.1) is 0 Å². The second-order valence-electron chi connectivity index (χ2n) is 5.70. The molecule has 26 heavy (non-hydrogen) atoms. The van der Waals surface area contributed by atoms with Crippen LogP contribution in [-0.4, -0.2) is 36.1 Å². The van der Waals surface area contributed by atoms with E-state index in [9.17, 15) is 9.59 Å². The number of hydrogen-bond donors (Lipinski definition) is 1. The maximum atomic E-state index is 12.9. The second-order valence-corrected chi connectivity index (χ2v) is 6.11. The first-order chi connectivity index (χ1) is 12.3. The maximum Gasteiger partial charge on any atom is 0.263 e. The third kappa shape index (κ3) is 4.64. The SMILES string of the molecule is COc1cc(C(=O)n2ccccc2=NC(C)C)cc(Cl)c1OCC(N)=O. The molecule has 0 spiro atoms. The smallest absolute Gasteiger partial charge is 0.263 e. The Bertz CT molecular complexity index is 890. The van der Waals surface area contributed by atoms with Crippen LogP contribution >= 0.6 is 11.6 Å². The summed E-state index contributed by atoms with van der Waals surface area (Å²) in [5.41, 5.74) is 5.89. The molecule has 0 aliphatic carbocycles. The van der Waals surface area contributed by atoms with Gasteiger partial charge in [-0.2, -0.15) is 0 Å². The number of halogens is 1. The minimum atomic E-state index is -0.650. The number of carbonyl (C=O) groups excluding carboxylic acids is 2. The molecule has 0 unspecified atom stereocenters. The Labute approximate surface area is 156 Å². The van der Waals surface area contributed by atoms with E-state index in [0.29, 0.717) is 5.49 Å². The lowest BCUT2D eigenvalue weighted by atomic mass is 10.1. The molecule has 1 aromatic heterocycles. The van der Waals surface area contributed by atoms with Gasteiger partial charge >= 0.3 is 0 Å². The normalized spacial score (nSPS) is 11.5. The lowest BCUT2D eigenvalue weighted by Gasteiger charge is -2.14. The summed E-state index contributed by atoms with van der Waals surface area (Å²) in [5, 5.41) is 0.132. The van der Waals surface area contributed by atoms with Gasteiger partial charge in [-0.3, -0.25) is 19.1 Å². The van der Waals surface area contributed by atoms with Gasteiger partial charge in [0, 0.05) is 17.8 Å². The van der Waals surface area contributed by atoms with Crippen molar-refractivity contribution in [3.63, 3.8) is 0 Å². The highest BCUT2D eigenvalue weighted by Gasteiger charge is 2.18. The van der Waals surface area contributed by atoms with Crippen molar-refractivity contribution in [2.75, 3.05) is 13.7 Å². The van der Waals surface area contributed by atoms with Crippen LogP contribution in [0.15, 0.2) is 41.5 Å². The molecule has 1 aromatic carbocycles. The van der Waals surface area contributed by atoms with E-state index in [4.69, 9.17) is 26.8 Å². The minimum Gasteiger partial charge on any atom is -0.493 e. The molecule has 0 radical (unpaired) electrons. The number of benzene rings is 1. The van der Waals surface area contributed by atoms with Gasteiger partial charge in [-0.05, 0) is 38.1 Å². The molecule has 0 saturated carbocycles. The number of carbonyl (C=O) groups is 2. The average Bonchev–Trinajstić information content (AvgIpc) is 2.59. The van der Waals surface area contributed by atoms with Crippen LogP contribution in [-0.2, 0) is 4.79 Å². The molecule has 0 fully saturated rings. The van der Waals surface area contributed by atoms with E-state index in [2.05, 4.69) is 4.99 Å². The van der Waals surface area contributed by atoms with Crippen molar-refractivity contribution in [2.24, 2.45) is 10.7 Å². The van der Waals surface area contributed by atoms with E-state index in [1.807, 2.05) is 13.8 Å². The summed E-state index contributed by atoms with van der Waals surface area (Å²) in [6, 6.07) is 8.26. The number of methoxy groups -OCH3 is 1. The van der Waals surface area contributed by atoms with Crippen LogP contribution in [0.3, 0.4) is 0 Å². The number of nitrogens with zero attached hydrogens (tertiary/aromatic N) is 2. The Balaban J connectivity index is 2.48. The van der Waals surface area contributed by atoms with Gasteiger partial charge in [0.1, 0.15) is 5.49 Å². The van der Waals surface area contributed by atoms with E-state index in [1.54, 1.807) is 24.4 Å². The predicted molar refractivity (Wildman–Crippen MR) is 97.6 cm³/mol. The van der Waals surface area contributed by atoms with Gasteiger partial charge in [0.2, 0.25) is 0 Å². The van der Waals surface area contributed by atoms with Crippen molar-refractivity contribution in [1.82, 2.24) is 4.57 Å². The Hall–Kier alpha value is -2.80. The fourth-order valence-electron chi connectivity index (χ4n) is 2.24. The molecule has 0 bridgehead atoms. The molecule has 138 valence electrons. The first kappa shape index (κ1) is 19.5. The lowest BCUT2D eigenvalue weighted by Crippen LogP contribution is -2.28. The van der Waals surface area contributed by atoms with E-state index < -0.39 is 5.91 Å². The van der Waals surface area contributed by atoms with E-state index in [-0.39, 0.29) is 40.6 Å². The summed E-state index contributed by atoms with van der Waals surface area (Å²) in [6.45, 7) is 3.49. The summed E-state index contributed by atoms with van der Waals surface area (Å²) in [4.78, 5) is 28.3. The van der Waals surface area contributed by atoms with Gasteiger partial charge in [0.25, 0.3) is 11.8 Å². The van der Waals surface area contributed by atoms with Crippen molar-refractivity contribution >= 4 is 23.4 Å². The number of aromatic nitrogens is 1. The van der Waals surface area contributed by atoms with E-state index >= 15 is 0 Å². The maximum absolute atomic E-state index is 12.9. The highest BCUT2D eigenvalue weighted by Crippen LogP contribution is 2.36. The van der Waals surface area contributed by atoms with E-state index in [1.165, 1.54) is 23.8 Å². The zero-order valence-corrected chi connectivity index (χ0v) is 15.5. The average molecular weight is 378 g/mol. The van der Waals surface area contributed by atoms with Gasteiger partial charge in [-0.25, -0.2) is 0 Å². The van der Waals surface area contributed by atoms with Crippen LogP contribution in [0.5, 0.6) is 11.5 Å². The van der Waals surface area contributed by atoms with Crippen LogP contribution in [0.25, 0.3) is 0 Å². The molecule has 7 nitrogen and oxygen atoms in total. The fraction of sp³-hybridized carbons (Fsp3) is 0.278. The lowest BCUT2D eigenvalue weighted by molar-refractivity contribution is -0.119. The molecule has 8 heteroatoms. The number of pyridine rings is 1. The first-order valence-electron chi connectivity index (χ1n) is 7.88. The minimum absolute atomic E-state index is 0.0270. The summed E-state index contributed by atoms with van der Waals surface area (Å²) >= 11 is 6.21. The number of hydrogen-bond acceptors (Lipinski definition) is 5. The molecule has 2 rings (SSSR count). The summed E-state index contributed by atoms with van der Waals surface area (Å²) in [6.07, 6.45) is 1.63. The van der Waals surface area contributed by atoms with Crippen molar-refractivity contribution in [2.45, 2.75) is 19.9 Å². The van der Waals surface area contributed by atoms with E-state index in [0.717, 1.165) is 0 Å². The topological polar surface area (TPSA) is 95.9 Å². The quantitative estimate of drug-likeness (QED) is 0.832. The molecule has 1 amide bonds. The molecule has 2 aromatic rings. The molecular weight excluding hydrogens is 358 g/mol. The molecule has 0 atom stereocenters.